The van der Waals surface area contributed by atoms with Gasteiger partial charge in [0.25, 0.3) is 0 Å². The van der Waals surface area contributed by atoms with Crippen LogP contribution in [-0.2, 0) is 17.5 Å². The lowest BCUT2D eigenvalue weighted by atomic mass is 9.87. The summed E-state index contributed by atoms with van der Waals surface area (Å²) in [7, 11) is 1.62. The molecule has 0 saturated heterocycles. The molecule has 0 aliphatic carbocycles. The number of halogens is 1. The molecule has 1 N–H and O–H groups in total. The smallest absolute Gasteiger partial charge is 0.408 e. The van der Waals surface area contributed by atoms with Crippen molar-refractivity contribution in [3.8, 4) is 17.2 Å². The van der Waals surface area contributed by atoms with Crippen LogP contribution in [0.5, 0.6) is 0 Å². The van der Waals surface area contributed by atoms with E-state index >= 15 is 4.39 Å². The fourth-order valence-corrected chi connectivity index (χ4v) is 3.15. The molecule has 142 valence electrons. The number of carbonyl (C=O) groups is 1. The predicted molar refractivity (Wildman–Crippen MR) is 103 cm³/mol. The summed E-state index contributed by atoms with van der Waals surface area (Å²) in [5, 5.41) is 11.5. The van der Waals surface area contributed by atoms with Crippen LogP contribution >= 0.6 is 0 Å². The molecule has 1 unspecified atom stereocenters. The summed E-state index contributed by atoms with van der Waals surface area (Å²) in [6.45, 7) is 1.64. The lowest BCUT2D eigenvalue weighted by molar-refractivity contribution is -0.110. The van der Waals surface area contributed by atoms with Crippen molar-refractivity contribution in [2.75, 3.05) is 0 Å². The van der Waals surface area contributed by atoms with Crippen molar-refractivity contribution in [3.63, 3.8) is 0 Å². The number of hydrogen-bond acceptors (Lipinski definition) is 4. The van der Waals surface area contributed by atoms with Gasteiger partial charge in [0.2, 0.25) is 6.41 Å². The first kappa shape index (κ1) is 19.1. The molecule has 7 heteroatoms. The molecular formula is C21H18FN3O3. The highest BCUT2D eigenvalue weighted by Crippen LogP contribution is 2.33. The number of benzene rings is 2. The molecule has 2 atom stereocenters. The first-order valence-corrected chi connectivity index (χ1v) is 8.57. The molecule has 6 nitrogen and oxygen atoms in total. The third-order valence-electron chi connectivity index (χ3n) is 4.65. The number of nitrogens with one attached hydrogen (secondary N) is 1. The number of nitrogens with zero attached hydrogens (tertiary/aromatic N) is 2. The summed E-state index contributed by atoms with van der Waals surface area (Å²) in [6, 6.07) is 12.4. The first-order valence-electron chi connectivity index (χ1n) is 8.57. The van der Waals surface area contributed by atoms with E-state index in [9.17, 15) is 14.9 Å². The average molecular weight is 379 g/mol. The van der Waals surface area contributed by atoms with Crippen LogP contribution in [0.1, 0.15) is 12.5 Å². The molecule has 28 heavy (non-hydrogen) atoms. The minimum Gasteiger partial charge on any atom is -0.408 e. The van der Waals surface area contributed by atoms with Crippen molar-refractivity contribution < 1.29 is 13.6 Å². The molecule has 2 aromatic carbocycles. The summed E-state index contributed by atoms with van der Waals surface area (Å²) < 4.78 is 22.1. The highest BCUT2D eigenvalue weighted by molar-refractivity contribution is 5.80. The van der Waals surface area contributed by atoms with Crippen molar-refractivity contribution in [1.29, 1.82) is 5.26 Å². The number of amides is 1. The summed E-state index contributed by atoms with van der Waals surface area (Å²) in [5.41, 5.74) is 0.849. The van der Waals surface area contributed by atoms with Gasteiger partial charge in [-0.25, -0.2) is 9.18 Å². The fourth-order valence-electron chi connectivity index (χ4n) is 3.15. The monoisotopic (exact) mass is 379 g/mol. The Bertz CT molecular complexity index is 1140. The molecule has 3 aromatic rings. The van der Waals surface area contributed by atoms with Crippen molar-refractivity contribution in [2.45, 2.75) is 18.6 Å². The van der Waals surface area contributed by atoms with Crippen LogP contribution in [0.3, 0.4) is 0 Å². The molecule has 0 aliphatic rings. The van der Waals surface area contributed by atoms with Crippen LogP contribution in [0, 0.1) is 11.3 Å². The Balaban J connectivity index is 2.02. The van der Waals surface area contributed by atoms with Crippen LogP contribution < -0.4 is 11.1 Å². The van der Waals surface area contributed by atoms with Crippen LogP contribution in [-0.4, -0.2) is 17.0 Å². The van der Waals surface area contributed by atoms with Crippen molar-refractivity contribution >= 4 is 17.5 Å². The predicted octanol–water partition coefficient (Wildman–Crippen LogP) is 3.18. The molecule has 0 aliphatic heterocycles. The van der Waals surface area contributed by atoms with Crippen molar-refractivity contribution in [2.24, 2.45) is 7.05 Å². The third kappa shape index (κ3) is 3.21. The van der Waals surface area contributed by atoms with Crippen molar-refractivity contribution in [1.82, 2.24) is 9.88 Å². The maximum atomic E-state index is 15.6. The van der Waals surface area contributed by atoms with Gasteiger partial charge < -0.3 is 9.73 Å². The molecule has 0 radical (unpaired) electrons. The zero-order valence-corrected chi connectivity index (χ0v) is 15.3. The van der Waals surface area contributed by atoms with Gasteiger partial charge in [-0.1, -0.05) is 36.4 Å². The van der Waals surface area contributed by atoms with Gasteiger partial charge in [0, 0.05) is 7.05 Å². The van der Waals surface area contributed by atoms with Gasteiger partial charge >= 0.3 is 5.76 Å². The molecule has 0 fully saturated rings. The quantitative estimate of drug-likeness (QED) is 0.526. The third-order valence-corrected chi connectivity index (χ3v) is 4.65. The Kier molecular flexibility index (Phi) is 5.14. The van der Waals surface area contributed by atoms with E-state index in [1.165, 1.54) is 16.7 Å². The standard InChI is InChI=1S/C21H18FN3O3/c1-3-10-21(22,19(12-23)24-13-26)16-7-4-14(5-8-16)15-6-9-18-17(11-15)25(2)20(27)28-18/h3-11,13,19H,1-2H3,(H,24,26)/b10-3+/t19-,21?/m1/s1. The number of oxazole rings is 1. The molecule has 1 aromatic heterocycles. The van der Waals surface area contributed by atoms with Gasteiger partial charge in [0.1, 0.15) is 0 Å². The number of allylic oxidation sites excluding steroid dienone is 1. The summed E-state index contributed by atoms with van der Waals surface area (Å²) >= 11 is 0. The maximum absolute atomic E-state index is 15.6. The molecular weight excluding hydrogens is 361 g/mol. The lowest BCUT2D eigenvalue weighted by Crippen LogP contribution is -2.43. The molecule has 1 amide bonds. The maximum Gasteiger partial charge on any atom is 0.419 e. The van der Waals surface area contributed by atoms with Gasteiger partial charge in [0.15, 0.2) is 17.3 Å². The highest BCUT2D eigenvalue weighted by atomic mass is 19.1. The Hall–Kier alpha value is -3.66. The van der Waals surface area contributed by atoms with E-state index in [0.29, 0.717) is 17.5 Å². The van der Waals surface area contributed by atoms with E-state index in [-0.39, 0.29) is 5.56 Å². The fraction of sp³-hybridized carbons (Fsp3) is 0.190. The molecule has 1 heterocycles. The van der Waals surface area contributed by atoms with Crippen molar-refractivity contribution in [3.05, 3.63) is 70.7 Å². The number of hydrogen-bond donors (Lipinski definition) is 1. The normalized spacial score (nSPS) is 14.5. The van der Waals surface area contributed by atoms with Gasteiger partial charge in [-0.05, 0) is 41.8 Å². The second-order valence-electron chi connectivity index (χ2n) is 6.30. The number of rotatable bonds is 6. The Labute approximate surface area is 160 Å². The molecule has 3 rings (SSSR count). The van der Waals surface area contributed by atoms with Gasteiger partial charge in [-0.3, -0.25) is 9.36 Å². The lowest BCUT2D eigenvalue weighted by Gasteiger charge is -2.27. The summed E-state index contributed by atoms with van der Waals surface area (Å²) in [4.78, 5) is 22.4. The van der Waals surface area contributed by atoms with E-state index in [2.05, 4.69) is 5.32 Å². The number of aryl methyl sites for hydroxylation is 1. The number of aromatic nitrogens is 1. The van der Waals surface area contributed by atoms with Crippen LogP contribution in [0.15, 0.2) is 63.8 Å². The van der Waals surface area contributed by atoms with E-state index in [1.54, 1.807) is 56.4 Å². The zero-order chi connectivity index (χ0) is 20.3. The number of carbonyl (C=O) groups excluding carboxylic acids is 1. The minimum absolute atomic E-state index is 0.243. The second kappa shape index (κ2) is 7.53. The SMILES string of the molecule is C/C=C/C(F)(c1ccc(-c2ccc3oc(=O)n(C)c3c2)cc1)[C@@H](C#N)NC=O. The molecule has 0 bridgehead atoms. The van der Waals surface area contributed by atoms with Crippen LogP contribution in [0.4, 0.5) is 4.39 Å². The number of alkyl halides is 1. The average Bonchev–Trinajstić information content (AvgIpc) is 2.99. The molecule has 0 spiro atoms. The Morgan fingerprint density at radius 1 is 1.25 bits per heavy atom. The van der Waals surface area contributed by atoms with E-state index in [1.807, 2.05) is 6.07 Å². The first-order chi connectivity index (χ1) is 13.4. The minimum atomic E-state index is -2.17. The highest BCUT2D eigenvalue weighted by Gasteiger charge is 2.38. The topological polar surface area (TPSA) is 88.0 Å². The Morgan fingerprint density at radius 3 is 2.54 bits per heavy atom. The van der Waals surface area contributed by atoms with E-state index in [0.717, 1.165) is 11.1 Å². The van der Waals surface area contributed by atoms with E-state index in [4.69, 9.17) is 4.42 Å². The van der Waals surface area contributed by atoms with E-state index < -0.39 is 17.5 Å². The number of nitriles is 1. The largest absolute Gasteiger partial charge is 0.419 e. The summed E-state index contributed by atoms with van der Waals surface area (Å²) in [5.74, 6) is -0.443. The summed E-state index contributed by atoms with van der Waals surface area (Å²) in [6.07, 6.45) is 3.06. The Morgan fingerprint density at radius 2 is 1.93 bits per heavy atom. The van der Waals surface area contributed by atoms with Crippen LogP contribution in [0.2, 0.25) is 0 Å². The van der Waals surface area contributed by atoms with Gasteiger partial charge in [-0.15, -0.1) is 0 Å². The zero-order valence-electron chi connectivity index (χ0n) is 15.3. The number of fused-ring (bicyclic) bond motifs is 1. The van der Waals surface area contributed by atoms with Gasteiger partial charge in [-0.2, -0.15) is 5.26 Å². The molecule has 0 saturated carbocycles. The van der Waals surface area contributed by atoms with Gasteiger partial charge in [0.05, 0.1) is 11.6 Å². The van der Waals surface area contributed by atoms with Crippen LogP contribution in [0.25, 0.3) is 22.2 Å². The second-order valence-corrected chi connectivity index (χ2v) is 6.30.